The lowest BCUT2D eigenvalue weighted by atomic mass is 10.3. The standard InChI is InChI=1S/C6H7IN2O2/c1-11-6(10)2-5-4(7)3-8-9-5/h3H,2H2,1H3,(H,8,9). The van der Waals surface area contributed by atoms with Gasteiger partial charge in [-0.2, -0.15) is 5.10 Å². The number of carbonyl (C=O) groups excluding carboxylic acids is 1. The number of aromatic nitrogens is 2. The molecule has 0 aliphatic rings. The molecule has 0 radical (unpaired) electrons. The highest BCUT2D eigenvalue weighted by Gasteiger charge is 2.07. The van der Waals surface area contributed by atoms with Gasteiger partial charge < -0.3 is 4.74 Å². The average Bonchev–Trinajstić information content (AvgIpc) is 2.37. The first kappa shape index (κ1) is 8.51. The molecule has 1 aromatic rings. The summed E-state index contributed by atoms with van der Waals surface area (Å²) in [5.41, 5.74) is 0.803. The highest BCUT2D eigenvalue weighted by molar-refractivity contribution is 14.1. The molecule has 0 bridgehead atoms. The first-order chi connectivity index (χ1) is 5.24. The second-order valence-electron chi connectivity index (χ2n) is 1.95. The summed E-state index contributed by atoms with van der Waals surface area (Å²) in [7, 11) is 1.37. The zero-order valence-electron chi connectivity index (χ0n) is 5.93. The van der Waals surface area contributed by atoms with Crippen molar-refractivity contribution in [1.82, 2.24) is 10.2 Å². The summed E-state index contributed by atoms with van der Waals surface area (Å²) in [6.07, 6.45) is 1.92. The summed E-state index contributed by atoms with van der Waals surface area (Å²) in [5, 5.41) is 6.48. The van der Waals surface area contributed by atoms with Gasteiger partial charge in [0.2, 0.25) is 0 Å². The maximum absolute atomic E-state index is 10.8. The molecule has 0 aliphatic heterocycles. The minimum absolute atomic E-state index is 0.257. The van der Waals surface area contributed by atoms with Crippen molar-refractivity contribution < 1.29 is 9.53 Å². The molecule has 1 aromatic heterocycles. The van der Waals surface area contributed by atoms with Crippen molar-refractivity contribution in [2.45, 2.75) is 6.42 Å². The van der Waals surface area contributed by atoms with E-state index in [-0.39, 0.29) is 12.4 Å². The number of rotatable bonds is 2. The van der Waals surface area contributed by atoms with Crippen molar-refractivity contribution in [1.29, 1.82) is 0 Å². The molecule has 60 valence electrons. The molecule has 0 atom stereocenters. The van der Waals surface area contributed by atoms with Gasteiger partial charge in [-0.1, -0.05) is 0 Å². The molecule has 0 unspecified atom stereocenters. The zero-order chi connectivity index (χ0) is 8.27. The Hall–Kier alpha value is -0.590. The first-order valence-electron chi connectivity index (χ1n) is 2.98. The quantitative estimate of drug-likeness (QED) is 0.634. The average molecular weight is 266 g/mol. The third-order valence-corrected chi connectivity index (χ3v) is 2.14. The van der Waals surface area contributed by atoms with Crippen LogP contribution in [0.1, 0.15) is 5.69 Å². The van der Waals surface area contributed by atoms with Crippen LogP contribution in [0.4, 0.5) is 0 Å². The Morgan fingerprint density at radius 1 is 1.91 bits per heavy atom. The molecule has 0 fully saturated rings. The van der Waals surface area contributed by atoms with Gasteiger partial charge in [-0.15, -0.1) is 0 Å². The summed E-state index contributed by atoms with van der Waals surface area (Å²) in [5.74, 6) is -0.257. The van der Waals surface area contributed by atoms with Gasteiger partial charge in [0, 0.05) is 0 Å². The molecule has 0 aromatic carbocycles. The van der Waals surface area contributed by atoms with Gasteiger partial charge in [0.1, 0.15) is 0 Å². The van der Waals surface area contributed by atoms with Crippen molar-refractivity contribution in [2.75, 3.05) is 7.11 Å². The molecule has 5 heteroatoms. The Bertz CT molecular complexity index is 259. The van der Waals surface area contributed by atoms with Gasteiger partial charge in [-0.25, -0.2) is 0 Å². The van der Waals surface area contributed by atoms with Crippen molar-refractivity contribution >= 4 is 28.6 Å². The third kappa shape index (κ3) is 2.18. The number of aromatic amines is 1. The first-order valence-corrected chi connectivity index (χ1v) is 4.06. The molecular weight excluding hydrogens is 259 g/mol. The van der Waals surface area contributed by atoms with E-state index in [9.17, 15) is 4.79 Å². The maximum Gasteiger partial charge on any atom is 0.311 e. The summed E-state index contributed by atoms with van der Waals surface area (Å²) < 4.78 is 5.44. The monoisotopic (exact) mass is 266 g/mol. The normalized spacial score (nSPS) is 9.64. The summed E-state index contributed by atoms with van der Waals surface area (Å²) in [6, 6.07) is 0. The van der Waals surface area contributed by atoms with E-state index in [0.29, 0.717) is 0 Å². The van der Waals surface area contributed by atoms with Crippen LogP contribution in [0.25, 0.3) is 0 Å². The Labute approximate surface area is 77.5 Å². The van der Waals surface area contributed by atoms with Gasteiger partial charge in [0.25, 0.3) is 0 Å². The van der Waals surface area contributed by atoms with Gasteiger partial charge in [-0.3, -0.25) is 9.89 Å². The fourth-order valence-corrected chi connectivity index (χ4v) is 1.09. The van der Waals surface area contributed by atoms with E-state index < -0.39 is 0 Å². The molecular formula is C6H7IN2O2. The topological polar surface area (TPSA) is 55.0 Å². The van der Waals surface area contributed by atoms with E-state index >= 15 is 0 Å². The largest absolute Gasteiger partial charge is 0.469 e. The van der Waals surface area contributed by atoms with Crippen LogP contribution in [0.3, 0.4) is 0 Å². The van der Waals surface area contributed by atoms with Crippen molar-refractivity contribution in [3.8, 4) is 0 Å². The third-order valence-electron chi connectivity index (χ3n) is 1.21. The summed E-state index contributed by atoms with van der Waals surface area (Å²) >= 11 is 2.10. The highest BCUT2D eigenvalue weighted by Crippen LogP contribution is 2.08. The molecule has 1 heterocycles. The number of halogens is 1. The molecule has 0 saturated heterocycles. The van der Waals surface area contributed by atoms with E-state index in [1.54, 1.807) is 6.20 Å². The number of esters is 1. The molecule has 4 nitrogen and oxygen atoms in total. The Morgan fingerprint density at radius 2 is 2.64 bits per heavy atom. The molecule has 0 amide bonds. The number of hydrogen-bond acceptors (Lipinski definition) is 3. The minimum atomic E-state index is -0.257. The molecule has 11 heavy (non-hydrogen) atoms. The van der Waals surface area contributed by atoms with Crippen molar-refractivity contribution in [3.05, 3.63) is 15.5 Å². The molecule has 0 spiro atoms. The van der Waals surface area contributed by atoms with Crippen LogP contribution in [0.2, 0.25) is 0 Å². The second kappa shape index (κ2) is 3.70. The van der Waals surface area contributed by atoms with Gasteiger partial charge >= 0.3 is 5.97 Å². The predicted molar refractivity (Wildman–Crippen MR) is 47.0 cm³/mol. The maximum atomic E-state index is 10.8. The van der Waals surface area contributed by atoms with Crippen molar-refractivity contribution in [3.63, 3.8) is 0 Å². The zero-order valence-corrected chi connectivity index (χ0v) is 8.08. The lowest BCUT2D eigenvalue weighted by Gasteiger charge is -1.95. The molecule has 1 rings (SSSR count). The minimum Gasteiger partial charge on any atom is -0.469 e. The van der Waals surface area contributed by atoms with Gasteiger partial charge in [0.15, 0.2) is 0 Å². The van der Waals surface area contributed by atoms with Gasteiger partial charge in [0.05, 0.1) is 29.0 Å². The Kier molecular flexibility index (Phi) is 2.86. The Balaban J connectivity index is 2.64. The van der Waals surface area contributed by atoms with Crippen LogP contribution < -0.4 is 0 Å². The molecule has 0 saturated carbocycles. The van der Waals surface area contributed by atoms with E-state index in [1.807, 2.05) is 0 Å². The van der Waals surface area contributed by atoms with E-state index in [4.69, 9.17) is 0 Å². The highest BCUT2D eigenvalue weighted by atomic mass is 127. The summed E-state index contributed by atoms with van der Waals surface area (Å²) in [4.78, 5) is 10.8. The number of carbonyl (C=O) groups is 1. The van der Waals surface area contributed by atoms with Crippen LogP contribution in [-0.2, 0) is 16.0 Å². The van der Waals surface area contributed by atoms with Crippen LogP contribution >= 0.6 is 22.6 Å². The van der Waals surface area contributed by atoms with Crippen LogP contribution in [-0.4, -0.2) is 23.3 Å². The molecule has 1 N–H and O–H groups in total. The summed E-state index contributed by atoms with van der Waals surface area (Å²) in [6.45, 7) is 0. The number of ether oxygens (including phenoxy) is 1. The van der Waals surface area contributed by atoms with E-state index in [0.717, 1.165) is 9.26 Å². The van der Waals surface area contributed by atoms with Crippen LogP contribution in [0, 0.1) is 3.57 Å². The van der Waals surface area contributed by atoms with Gasteiger partial charge in [-0.05, 0) is 22.6 Å². The number of nitrogens with zero attached hydrogens (tertiary/aromatic N) is 1. The Morgan fingerprint density at radius 3 is 3.09 bits per heavy atom. The lowest BCUT2D eigenvalue weighted by Crippen LogP contribution is -2.05. The molecule has 0 aliphatic carbocycles. The number of methoxy groups -OCH3 is 1. The van der Waals surface area contributed by atoms with Crippen LogP contribution in [0.5, 0.6) is 0 Å². The second-order valence-corrected chi connectivity index (χ2v) is 3.11. The van der Waals surface area contributed by atoms with Crippen molar-refractivity contribution in [2.24, 2.45) is 0 Å². The lowest BCUT2D eigenvalue weighted by molar-refractivity contribution is -0.139. The van der Waals surface area contributed by atoms with E-state index in [1.165, 1.54) is 7.11 Å². The van der Waals surface area contributed by atoms with E-state index in [2.05, 4.69) is 37.5 Å². The predicted octanol–water partition coefficient (Wildman–Crippen LogP) is 0.730. The van der Waals surface area contributed by atoms with Crippen LogP contribution in [0.15, 0.2) is 6.20 Å². The SMILES string of the molecule is COC(=O)Cc1[nH]ncc1I. The number of hydrogen-bond donors (Lipinski definition) is 1. The fraction of sp³-hybridized carbons (Fsp3) is 0.333. The number of nitrogens with one attached hydrogen (secondary N) is 1. The fourth-order valence-electron chi connectivity index (χ4n) is 0.639. The smallest absolute Gasteiger partial charge is 0.311 e. The number of H-pyrrole nitrogens is 1.